The molecule has 0 unspecified atom stereocenters. The second-order valence-corrected chi connectivity index (χ2v) is 3.12. The fourth-order valence-corrected chi connectivity index (χ4v) is 1.47. The average molecular weight is 201 g/mol. The number of nitrogens with zero attached hydrogens (tertiary/aromatic N) is 3. The van der Waals surface area contributed by atoms with Gasteiger partial charge in [0.2, 0.25) is 5.13 Å². The van der Waals surface area contributed by atoms with E-state index < -0.39 is 0 Å². The van der Waals surface area contributed by atoms with Gasteiger partial charge in [-0.25, -0.2) is 0 Å². The highest BCUT2D eigenvalue weighted by atomic mass is 32.1. The lowest BCUT2D eigenvalue weighted by Crippen LogP contribution is -2.30. The van der Waals surface area contributed by atoms with Gasteiger partial charge in [-0.15, -0.1) is 10.2 Å². The molecule has 0 saturated carbocycles. The fraction of sp³-hybridized carbons (Fsp3) is 0.571. The highest BCUT2D eigenvalue weighted by molar-refractivity contribution is 7.13. The molecule has 0 radical (unpaired) electrons. The Bertz CT molecular complexity index is 263. The van der Waals surface area contributed by atoms with Crippen LogP contribution in [0, 0.1) is 0 Å². The van der Waals surface area contributed by atoms with E-state index in [1.54, 1.807) is 5.51 Å². The molecule has 0 saturated heterocycles. The third-order valence-corrected chi connectivity index (χ3v) is 2.30. The summed E-state index contributed by atoms with van der Waals surface area (Å²) in [7, 11) is 1.37. The molecular weight excluding hydrogens is 190 g/mol. The third-order valence-electron chi connectivity index (χ3n) is 1.55. The lowest BCUT2D eigenvalue weighted by molar-refractivity contribution is -0.138. The lowest BCUT2D eigenvalue weighted by Gasteiger charge is -2.16. The minimum atomic E-state index is -0.267. The second-order valence-electron chi connectivity index (χ2n) is 2.31. The summed E-state index contributed by atoms with van der Waals surface area (Å²) in [5, 5.41) is 8.30. The van der Waals surface area contributed by atoms with Gasteiger partial charge in [0.05, 0.1) is 7.11 Å². The lowest BCUT2D eigenvalue weighted by atomic mass is 10.5. The van der Waals surface area contributed by atoms with E-state index in [0.717, 1.165) is 5.13 Å². The van der Waals surface area contributed by atoms with Gasteiger partial charge >= 0.3 is 5.97 Å². The largest absolute Gasteiger partial charge is 0.468 e. The van der Waals surface area contributed by atoms with E-state index in [2.05, 4.69) is 14.9 Å². The van der Waals surface area contributed by atoms with E-state index in [0.29, 0.717) is 6.54 Å². The molecule has 1 aromatic heterocycles. The van der Waals surface area contributed by atoms with E-state index in [-0.39, 0.29) is 12.5 Å². The van der Waals surface area contributed by atoms with Crippen LogP contribution in [0.3, 0.4) is 0 Å². The molecule has 0 N–H and O–H groups in total. The standard InChI is InChI=1S/C7H11N3O2S/c1-3-10(4-6(11)12-2)7-9-8-5-13-7/h5H,3-4H2,1-2H3. The van der Waals surface area contributed by atoms with Crippen molar-refractivity contribution in [1.29, 1.82) is 0 Å². The number of ether oxygens (including phenoxy) is 1. The van der Waals surface area contributed by atoms with Crippen molar-refractivity contribution in [2.45, 2.75) is 6.92 Å². The van der Waals surface area contributed by atoms with Gasteiger partial charge in [0.15, 0.2) is 0 Å². The minimum absolute atomic E-state index is 0.224. The number of anilines is 1. The smallest absolute Gasteiger partial charge is 0.325 e. The Hall–Kier alpha value is -1.17. The Kier molecular flexibility index (Phi) is 3.63. The summed E-state index contributed by atoms with van der Waals surface area (Å²) < 4.78 is 4.56. The van der Waals surface area contributed by atoms with E-state index in [1.807, 2.05) is 11.8 Å². The molecule has 0 fully saturated rings. The zero-order valence-corrected chi connectivity index (χ0v) is 8.37. The molecule has 6 heteroatoms. The molecular formula is C7H11N3O2S. The Morgan fingerprint density at radius 1 is 1.77 bits per heavy atom. The summed E-state index contributed by atoms with van der Waals surface area (Å²) in [5.41, 5.74) is 1.63. The summed E-state index contributed by atoms with van der Waals surface area (Å²) in [6.45, 7) is 2.89. The summed E-state index contributed by atoms with van der Waals surface area (Å²) in [4.78, 5) is 12.8. The zero-order chi connectivity index (χ0) is 9.68. The first kappa shape index (κ1) is 9.91. The van der Waals surface area contributed by atoms with Crippen LogP contribution in [0.1, 0.15) is 6.92 Å². The van der Waals surface area contributed by atoms with Gasteiger partial charge in [-0.1, -0.05) is 11.3 Å². The van der Waals surface area contributed by atoms with Gasteiger partial charge in [-0.05, 0) is 6.92 Å². The molecule has 0 spiro atoms. The molecule has 0 aliphatic rings. The third kappa shape index (κ3) is 2.66. The van der Waals surface area contributed by atoms with Gasteiger partial charge in [-0.2, -0.15) is 0 Å². The molecule has 0 aliphatic carbocycles. The first-order chi connectivity index (χ1) is 6.27. The van der Waals surface area contributed by atoms with Gasteiger partial charge in [0.1, 0.15) is 12.1 Å². The van der Waals surface area contributed by atoms with E-state index in [1.165, 1.54) is 18.4 Å². The van der Waals surface area contributed by atoms with Gasteiger partial charge in [0.25, 0.3) is 0 Å². The van der Waals surface area contributed by atoms with Gasteiger partial charge in [0, 0.05) is 6.54 Å². The molecule has 0 amide bonds. The van der Waals surface area contributed by atoms with Crippen molar-refractivity contribution in [3.05, 3.63) is 5.51 Å². The van der Waals surface area contributed by atoms with Crippen LogP contribution in [-0.4, -0.2) is 36.4 Å². The molecule has 0 bridgehead atoms. The van der Waals surface area contributed by atoms with Crippen LogP contribution in [0.25, 0.3) is 0 Å². The number of methoxy groups -OCH3 is 1. The van der Waals surface area contributed by atoms with Crippen molar-refractivity contribution in [3.63, 3.8) is 0 Å². The number of esters is 1. The topological polar surface area (TPSA) is 55.3 Å². The number of carbonyl (C=O) groups excluding carboxylic acids is 1. The summed E-state index contributed by atoms with van der Waals surface area (Å²) >= 11 is 1.40. The first-order valence-electron chi connectivity index (χ1n) is 3.85. The SMILES string of the molecule is CCN(CC(=O)OC)c1nncs1. The van der Waals surface area contributed by atoms with E-state index >= 15 is 0 Å². The van der Waals surface area contributed by atoms with Crippen molar-refractivity contribution in [3.8, 4) is 0 Å². The predicted molar refractivity (Wildman–Crippen MR) is 49.8 cm³/mol. The number of carbonyl (C=O) groups is 1. The van der Waals surface area contributed by atoms with Crippen molar-refractivity contribution >= 4 is 22.4 Å². The molecule has 0 aromatic carbocycles. The molecule has 0 aliphatic heterocycles. The second kappa shape index (κ2) is 4.76. The van der Waals surface area contributed by atoms with Gasteiger partial charge in [-0.3, -0.25) is 4.79 Å². The summed E-state index contributed by atoms with van der Waals surface area (Å²) in [5.74, 6) is -0.267. The van der Waals surface area contributed by atoms with Crippen LogP contribution >= 0.6 is 11.3 Å². The minimum Gasteiger partial charge on any atom is -0.468 e. The maximum Gasteiger partial charge on any atom is 0.325 e. The maximum absolute atomic E-state index is 11.0. The van der Waals surface area contributed by atoms with Crippen LogP contribution in [0.4, 0.5) is 5.13 Å². The summed E-state index contributed by atoms with van der Waals surface area (Å²) in [6.07, 6.45) is 0. The van der Waals surface area contributed by atoms with Crippen LogP contribution in [-0.2, 0) is 9.53 Å². The molecule has 13 heavy (non-hydrogen) atoms. The number of hydrogen-bond donors (Lipinski definition) is 0. The van der Waals surface area contributed by atoms with Crippen molar-refractivity contribution in [1.82, 2.24) is 10.2 Å². The van der Waals surface area contributed by atoms with Crippen molar-refractivity contribution in [2.24, 2.45) is 0 Å². The van der Waals surface area contributed by atoms with E-state index in [9.17, 15) is 4.79 Å². The maximum atomic E-state index is 11.0. The number of likely N-dealkylation sites (N-methyl/N-ethyl adjacent to an activating group) is 1. The van der Waals surface area contributed by atoms with Crippen LogP contribution in [0.5, 0.6) is 0 Å². The molecule has 1 rings (SSSR count). The highest BCUT2D eigenvalue weighted by Crippen LogP contribution is 2.14. The molecule has 72 valence electrons. The molecule has 5 nitrogen and oxygen atoms in total. The first-order valence-corrected chi connectivity index (χ1v) is 4.73. The zero-order valence-electron chi connectivity index (χ0n) is 7.56. The van der Waals surface area contributed by atoms with Crippen LogP contribution in [0.15, 0.2) is 5.51 Å². The van der Waals surface area contributed by atoms with Crippen LogP contribution < -0.4 is 4.90 Å². The number of aromatic nitrogens is 2. The Labute approximate surface area is 80.3 Å². The monoisotopic (exact) mass is 201 g/mol. The average Bonchev–Trinajstić information content (AvgIpc) is 2.66. The fourth-order valence-electron chi connectivity index (χ4n) is 0.840. The Balaban J connectivity index is 2.58. The predicted octanol–water partition coefficient (Wildman–Crippen LogP) is 0.537. The van der Waals surface area contributed by atoms with Crippen molar-refractivity contribution < 1.29 is 9.53 Å². The Morgan fingerprint density at radius 3 is 3.00 bits per heavy atom. The molecule has 1 aromatic rings. The van der Waals surface area contributed by atoms with Crippen LogP contribution in [0.2, 0.25) is 0 Å². The highest BCUT2D eigenvalue weighted by Gasteiger charge is 2.11. The quantitative estimate of drug-likeness (QED) is 0.665. The Morgan fingerprint density at radius 2 is 2.54 bits per heavy atom. The molecule has 1 heterocycles. The molecule has 0 atom stereocenters. The van der Waals surface area contributed by atoms with E-state index in [4.69, 9.17) is 0 Å². The number of hydrogen-bond acceptors (Lipinski definition) is 6. The summed E-state index contributed by atoms with van der Waals surface area (Å²) in [6, 6.07) is 0. The number of rotatable bonds is 4. The normalized spacial score (nSPS) is 9.69. The van der Waals surface area contributed by atoms with Crippen molar-refractivity contribution in [2.75, 3.05) is 25.1 Å². The van der Waals surface area contributed by atoms with Gasteiger partial charge < -0.3 is 9.64 Å².